The number of carbonyl (C=O) groups excluding carboxylic acids is 2. The van der Waals surface area contributed by atoms with Crippen LogP contribution in [-0.4, -0.2) is 73.0 Å². The molecule has 0 unspecified atom stereocenters. The molecule has 2 saturated heterocycles. The molecule has 2 aliphatic rings. The summed E-state index contributed by atoms with van der Waals surface area (Å²) in [4.78, 5) is 29.6. The standard InChI is InChI=1S/C22H34N4O3/c1-15(2)26-12-11-19-21(26)22(28)24-14-17(25(19)3)7-10-20(27)23-13-16-5-8-18(29-4)9-6-16/h5-6,8-9,15,17,19,21H,7,10-14H2,1-4H3,(H,23,27)(H,24,28)/t17-,19-,21-/m0/s1. The van der Waals surface area contributed by atoms with Crippen LogP contribution in [0.5, 0.6) is 5.75 Å². The molecule has 0 aromatic heterocycles. The summed E-state index contributed by atoms with van der Waals surface area (Å²) in [5.41, 5.74) is 1.04. The van der Waals surface area contributed by atoms with Gasteiger partial charge in [0.2, 0.25) is 11.8 Å². The number of methoxy groups -OCH3 is 1. The van der Waals surface area contributed by atoms with Gasteiger partial charge in [0.15, 0.2) is 0 Å². The summed E-state index contributed by atoms with van der Waals surface area (Å²) in [5.74, 6) is 0.968. The summed E-state index contributed by atoms with van der Waals surface area (Å²) < 4.78 is 5.15. The number of likely N-dealkylation sites (N-methyl/N-ethyl adjacent to an activating group) is 1. The Labute approximate surface area is 173 Å². The minimum absolute atomic E-state index is 0.0385. The average Bonchev–Trinajstić information content (AvgIpc) is 3.13. The Morgan fingerprint density at radius 2 is 2.03 bits per heavy atom. The fraction of sp³-hybridized carbons (Fsp3) is 0.636. The Morgan fingerprint density at radius 1 is 1.31 bits per heavy atom. The molecular formula is C22H34N4O3. The van der Waals surface area contributed by atoms with Crippen molar-refractivity contribution < 1.29 is 14.3 Å². The van der Waals surface area contributed by atoms with Gasteiger partial charge in [-0.05, 0) is 51.4 Å². The highest BCUT2D eigenvalue weighted by Gasteiger charge is 2.45. The first kappa shape index (κ1) is 21.6. The van der Waals surface area contributed by atoms with Crippen molar-refractivity contribution in [2.75, 3.05) is 27.2 Å². The Kier molecular flexibility index (Phi) is 7.14. The predicted octanol–water partition coefficient (Wildman–Crippen LogP) is 1.37. The van der Waals surface area contributed by atoms with Gasteiger partial charge in [-0.1, -0.05) is 12.1 Å². The minimum atomic E-state index is -0.0890. The fourth-order valence-corrected chi connectivity index (χ4v) is 4.50. The van der Waals surface area contributed by atoms with Crippen LogP contribution in [0.1, 0.15) is 38.7 Å². The third-order valence-corrected chi connectivity index (χ3v) is 6.30. The molecule has 2 aliphatic heterocycles. The van der Waals surface area contributed by atoms with Crippen molar-refractivity contribution in [2.24, 2.45) is 0 Å². The van der Waals surface area contributed by atoms with E-state index in [0.717, 1.165) is 30.7 Å². The van der Waals surface area contributed by atoms with E-state index in [1.165, 1.54) is 0 Å². The Bertz CT molecular complexity index is 707. The second kappa shape index (κ2) is 9.59. The lowest BCUT2D eigenvalue weighted by atomic mass is 10.0. The number of fused-ring (bicyclic) bond motifs is 1. The van der Waals surface area contributed by atoms with Gasteiger partial charge < -0.3 is 15.4 Å². The van der Waals surface area contributed by atoms with Crippen LogP contribution in [0.15, 0.2) is 24.3 Å². The van der Waals surface area contributed by atoms with Crippen LogP contribution < -0.4 is 15.4 Å². The number of likely N-dealkylation sites (tertiary alicyclic amines) is 1. The highest BCUT2D eigenvalue weighted by atomic mass is 16.5. The number of hydrogen-bond acceptors (Lipinski definition) is 5. The number of ether oxygens (including phenoxy) is 1. The second-order valence-corrected chi connectivity index (χ2v) is 8.36. The van der Waals surface area contributed by atoms with Gasteiger partial charge in [-0.2, -0.15) is 0 Å². The average molecular weight is 403 g/mol. The molecule has 3 rings (SSSR count). The van der Waals surface area contributed by atoms with E-state index in [-0.39, 0.29) is 29.9 Å². The monoisotopic (exact) mass is 402 g/mol. The largest absolute Gasteiger partial charge is 0.497 e. The van der Waals surface area contributed by atoms with Crippen molar-refractivity contribution >= 4 is 11.8 Å². The maximum Gasteiger partial charge on any atom is 0.239 e. The molecule has 2 heterocycles. The van der Waals surface area contributed by atoms with E-state index in [0.29, 0.717) is 25.6 Å². The summed E-state index contributed by atoms with van der Waals surface area (Å²) in [7, 11) is 3.74. The van der Waals surface area contributed by atoms with Gasteiger partial charge in [0.1, 0.15) is 11.8 Å². The molecule has 2 amide bonds. The lowest BCUT2D eigenvalue weighted by molar-refractivity contribution is -0.126. The lowest BCUT2D eigenvalue weighted by Crippen LogP contribution is -2.51. The van der Waals surface area contributed by atoms with Crippen LogP contribution in [0.2, 0.25) is 0 Å². The summed E-state index contributed by atoms with van der Waals surface area (Å²) in [6.45, 7) is 6.34. The second-order valence-electron chi connectivity index (χ2n) is 8.36. The molecule has 0 spiro atoms. The summed E-state index contributed by atoms with van der Waals surface area (Å²) in [6, 6.07) is 8.34. The van der Waals surface area contributed by atoms with E-state index in [9.17, 15) is 9.59 Å². The van der Waals surface area contributed by atoms with E-state index in [1.54, 1.807) is 7.11 Å². The van der Waals surface area contributed by atoms with Crippen molar-refractivity contribution in [3.8, 4) is 5.75 Å². The zero-order valence-corrected chi connectivity index (χ0v) is 18.0. The number of benzene rings is 1. The van der Waals surface area contributed by atoms with Gasteiger partial charge in [-0.15, -0.1) is 0 Å². The van der Waals surface area contributed by atoms with Gasteiger partial charge >= 0.3 is 0 Å². The first-order valence-electron chi connectivity index (χ1n) is 10.6. The Morgan fingerprint density at radius 3 is 2.69 bits per heavy atom. The fourth-order valence-electron chi connectivity index (χ4n) is 4.50. The van der Waals surface area contributed by atoms with Crippen molar-refractivity contribution in [1.29, 1.82) is 0 Å². The first-order chi connectivity index (χ1) is 13.9. The highest BCUT2D eigenvalue weighted by Crippen LogP contribution is 2.28. The number of hydrogen-bond donors (Lipinski definition) is 2. The smallest absolute Gasteiger partial charge is 0.239 e. The lowest BCUT2D eigenvalue weighted by Gasteiger charge is -2.34. The van der Waals surface area contributed by atoms with Crippen molar-refractivity contribution in [1.82, 2.24) is 20.4 Å². The Balaban J connectivity index is 1.51. The molecule has 7 nitrogen and oxygen atoms in total. The Hall–Kier alpha value is -2.12. The number of rotatable bonds is 7. The molecule has 160 valence electrons. The van der Waals surface area contributed by atoms with Gasteiger partial charge in [-0.25, -0.2) is 0 Å². The van der Waals surface area contributed by atoms with Crippen LogP contribution in [0, 0.1) is 0 Å². The number of carbonyl (C=O) groups is 2. The molecule has 3 atom stereocenters. The summed E-state index contributed by atoms with van der Waals surface area (Å²) in [6.07, 6.45) is 2.18. The van der Waals surface area contributed by atoms with Crippen molar-refractivity contribution in [3.63, 3.8) is 0 Å². The van der Waals surface area contributed by atoms with E-state index >= 15 is 0 Å². The van der Waals surface area contributed by atoms with E-state index < -0.39 is 0 Å². The first-order valence-corrected chi connectivity index (χ1v) is 10.6. The molecule has 2 fully saturated rings. The molecule has 1 aromatic carbocycles. The SMILES string of the molecule is COc1ccc(CNC(=O)CC[C@H]2CNC(=O)[C@@H]3[C@H](CCN3C(C)C)N2C)cc1. The summed E-state index contributed by atoms with van der Waals surface area (Å²) in [5, 5.41) is 6.10. The molecule has 7 heteroatoms. The quantitative estimate of drug-likeness (QED) is 0.721. The minimum Gasteiger partial charge on any atom is -0.497 e. The van der Waals surface area contributed by atoms with Crippen LogP contribution in [0.25, 0.3) is 0 Å². The number of nitrogens with one attached hydrogen (secondary N) is 2. The normalized spacial score (nSPS) is 25.4. The topological polar surface area (TPSA) is 73.9 Å². The molecular weight excluding hydrogens is 368 g/mol. The van der Waals surface area contributed by atoms with E-state index in [1.807, 2.05) is 24.3 Å². The third-order valence-electron chi connectivity index (χ3n) is 6.30. The van der Waals surface area contributed by atoms with Crippen molar-refractivity contribution in [3.05, 3.63) is 29.8 Å². The molecule has 0 radical (unpaired) electrons. The zero-order chi connectivity index (χ0) is 21.0. The van der Waals surface area contributed by atoms with Crippen molar-refractivity contribution in [2.45, 2.75) is 63.8 Å². The van der Waals surface area contributed by atoms with E-state index in [4.69, 9.17) is 4.74 Å². The highest BCUT2D eigenvalue weighted by molar-refractivity contribution is 5.83. The predicted molar refractivity (Wildman–Crippen MR) is 113 cm³/mol. The molecule has 0 bridgehead atoms. The maximum absolute atomic E-state index is 12.7. The van der Waals surface area contributed by atoms with Crippen LogP contribution in [0.4, 0.5) is 0 Å². The molecule has 1 aromatic rings. The molecule has 0 saturated carbocycles. The third kappa shape index (κ3) is 5.08. The van der Waals surface area contributed by atoms with E-state index in [2.05, 4.69) is 41.3 Å². The number of amides is 2. The summed E-state index contributed by atoms with van der Waals surface area (Å²) >= 11 is 0. The van der Waals surface area contributed by atoms with Crippen LogP contribution >= 0.6 is 0 Å². The number of nitrogens with zero attached hydrogens (tertiary/aromatic N) is 2. The van der Waals surface area contributed by atoms with Crippen LogP contribution in [-0.2, 0) is 16.1 Å². The van der Waals surface area contributed by atoms with Crippen LogP contribution in [0.3, 0.4) is 0 Å². The van der Waals surface area contributed by atoms with Gasteiger partial charge in [-0.3, -0.25) is 19.4 Å². The van der Waals surface area contributed by atoms with Gasteiger partial charge in [0, 0.05) is 44.2 Å². The molecule has 2 N–H and O–H groups in total. The molecule has 0 aliphatic carbocycles. The van der Waals surface area contributed by atoms with Gasteiger partial charge in [0.05, 0.1) is 7.11 Å². The molecule has 29 heavy (non-hydrogen) atoms. The van der Waals surface area contributed by atoms with Gasteiger partial charge in [0.25, 0.3) is 0 Å². The maximum atomic E-state index is 12.7. The zero-order valence-electron chi connectivity index (χ0n) is 18.0.